The molecule has 1 saturated carbocycles. The average molecular weight is 297 g/mol. The van der Waals surface area contributed by atoms with Crippen molar-refractivity contribution in [2.24, 2.45) is 5.41 Å². The minimum atomic E-state index is -0.225. The minimum absolute atomic E-state index is 0.00897. The van der Waals surface area contributed by atoms with E-state index in [1.807, 2.05) is 20.8 Å². The standard InChI is InChI=1S/C17H31NO3/c1-15(2,3)12-16(4,5)18-13(19)8-7-9-14(20)21-17(6)10-11-17/h7-12H2,1-6H3,(H,18,19). The fourth-order valence-electron chi connectivity index (χ4n) is 2.81. The maximum absolute atomic E-state index is 12.0. The van der Waals surface area contributed by atoms with E-state index in [1.165, 1.54) is 0 Å². The second-order valence-corrected chi connectivity index (χ2v) is 8.45. The Balaban J connectivity index is 2.22. The predicted molar refractivity (Wildman–Crippen MR) is 83.9 cm³/mol. The Morgan fingerprint density at radius 3 is 2.14 bits per heavy atom. The van der Waals surface area contributed by atoms with E-state index in [4.69, 9.17) is 4.74 Å². The molecule has 0 bridgehead atoms. The normalized spacial score (nSPS) is 17.2. The van der Waals surface area contributed by atoms with E-state index >= 15 is 0 Å². The highest BCUT2D eigenvalue weighted by molar-refractivity contribution is 5.77. The molecule has 0 aromatic rings. The number of amides is 1. The van der Waals surface area contributed by atoms with E-state index < -0.39 is 0 Å². The summed E-state index contributed by atoms with van der Waals surface area (Å²) in [6.45, 7) is 12.5. The lowest BCUT2D eigenvalue weighted by atomic mass is 9.82. The molecule has 1 aliphatic carbocycles. The van der Waals surface area contributed by atoms with Crippen LogP contribution in [0.4, 0.5) is 0 Å². The Morgan fingerprint density at radius 2 is 1.67 bits per heavy atom. The first kappa shape index (κ1) is 18.0. The smallest absolute Gasteiger partial charge is 0.306 e. The Kier molecular flexibility index (Phi) is 5.46. The van der Waals surface area contributed by atoms with Crippen LogP contribution in [0.5, 0.6) is 0 Å². The van der Waals surface area contributed by atoms with Crippen LogP contribution in [0.25, 0.3) is 0 Å². The molecule has 1 aliphatic rings. The monoisotopic (exact) mass is 297 g/mol. The van der Waals surface area contributed by atoms with Crippen molar-refractivity contribution in [3.8, 4) is 0 Å². The van der Waals surface area contributed by atoms with Gasteiger partial charge in [-0.2, -0.15) is 0 Å². The third kappa shape index (κ3) is 8.08. The lowest BCUT2D eigenvalue weighted by Gasteiger charge is -2.33. The Bertz CT molecular complexity index is 389. The molecule has 0 unspecified atom stereocenters. The van der Waals surface area contributed by atoms with Crippen molar-refractivity contribution in [2.75, 3.05) is 0 Å². The zero-order valence-corrected chi connectivity index (χ0v) is 14.5. The number of hydrogen-bond donors (Lipinski definition) is 1. The Hall–Kier alpha value is -1.06. The molecule has 122 valence electrons. The van der Waals surface area contributed by atoms with E-state index in [0.29, 0.717) is 19.3 Å². The molecule has 1 fully saturated rings. The fraction of sp³-hybridized carbons (Fsp3) is 0.882. The van der Waals surface area contributed by atoms with Crippen molar-refractivity contribution in [1.82, 2.24) is 5.32 Å². The highest BCUT2D eigenvalue weighted by Crippen LogP contribution is 2.39. The summed E-state index contributed by atoms with van der Waals surface area (Å²) in [5.74, 6) is -0.175. The second-order valence-electron chi connectivity index (χ2n) is 8.45. The lowest BCUT2D eigenvalue weighted by Crippen LogP contribution is -2.45. The van der Waals surface area contributed by atoms with E-state index in [-0.39, 0.29) is 28.4 Å². The number of rotatable bonds is 7. The molecule has 4 heteroatoms. The molecule has 21 heavy (non-hydrogen) atoms. The molecule has 0 aromatic carbocycles. The summed E-state index contributed by atoms with van der Waals surface area (Å²) in [5, 5.41) is 3.06. The molecule has 0 aromatic heterocycles. The van der Waals surface area contributed by atoms with Crippen LogP contribution in [-0.4, -0.2) is 23.0 Å². The van der Waals surface area contributed by atoms with Crippen molar-refractivity contribution < 1.29 is 14.3 Å². The Labute approximate surface area is 129 Å². The summed E-state index contributed by atoms with van der Waals surface area (Å²) >= 11 is 0. The van der Waals surface area contributed by atoms with Gasteiger partial charge in [0.05, 0.1) is 0 Å². The van der Waals surface area contributed by atoms with E-state index in [9.17, 15) is 9.59 Å². The maximum Gasteiger partial charge on any atom is 0.306 e. The summed E-state index contributed by atoms with van der Waals surface area (Å²) < 4.78 is 5.33. The molecule has 1 rings (SSSR count). The van der Waals surface area contributed by atoms with Crippen LogP contribution in [-0.2, 0) is 14.3 Å². The first-order chi connectivity index (χ1) is 9.41. The third-order valence-electron chi connectivity index (χ3n) is 3.55. The molecule has 0 radical (unpaired) electrons. The molecule has 1 amide bonds. The topological polar surface area (TPSA) is 55.4 Å². The lowest BCUT2D eigenvalue weighted by molar-refractivity contribution is -0.150. The number of carbonyl (C=O) groups excluding carboxylic acids is 2. The van der Waals surface area contributed by atoms with Gasteiger partial charge in [-0.1, -0.05) is 20.8 Å². The van der Waals surface area contributed by atoms with Crippen molar-refractivity contribution in [2.45, 2.75) is 91.2 Å². The number of hydrogen-bond acceptors (Lipinski definition) is 3. The average Bonchev–Trinajstić information content (AvgIpc) is 2.90. The molecule has 0 aliphatic heterocycles. The van der Waals surface area contributed by atoms with E-state index in [1.54, 1.807) is 0 Å². The van der Waals surface area contributed by atoms with Gasteiger partial charge in [0.25, 0.3) is 0 Å². The molecule has 0 heterocycles. The minimum Gasteiger partial charge on any atom is -0.459 e. The highest BCUT2D eigenvalue weighted by Gasteiger charge is 2.41. The summed E-state index contributed by atoms with van der Waals surface area (Å²) in [4.78, 5) is 23.6. The van der Waals surface area contributed by atoms with Gasteiger partial charge >= 0.3 is 5.97 Å². The SMILES string of the molecule is CC(C)(C)CC(C)(C)NC(=O)CCCC(=O)OC1(C)CC1. The predicted octanol–water partition coefficient (Wildman–Crippen LogP) is 3.58. The van der Waals surface area contributed by atoms with E-state index in [2.05, 4.69) is 26.1 Å². The zero-order chi connectivity index (χ0) is 16.3. The van der Waals surface area contributed by atoms with Gasteiger partial charge < -0.3 is 10.1 Å². The van der Waals surface area contributed by atoms with Gasteiger partial charge in [-0.15, -0.1) is 0 Å². The van der Waals surface area contributed by atoms with E-state index in [0.717, 1.165) is 19.3 Å². The summed E-state index contributed by atoms with van der Waals surface area (Å²) in [6.07, 6.45) is 4.07. The van der Waals surface area contributed by atoms with Crippen molar-refractivity contribution in [1.29, 1.82) is 0 Å². The molecule has 4 nitrogen and oxygen atoms in total. The van der Waals surface area contributed by atoms with Crippen LogP contribution in [0.1, 0.15) is 80.1 Å². The van der Waals surface area contributed by atoms with Crippen LogP contribution >= 0.6 is 0 Å². The largest absolute Gasteiger partial charge is 0.459 e. The summed E-state index contributed by atoms with van der Waals surface area (Å²) in [5.41, 5.74) is -0.272. The Morgan fingerprint density at radius 1 is 1.10 bits per heavy atom. The molecule has 1 N–H and O–H groups in total. The van der Waals surface area contributed by atoms with Gasteiger partial charge in [0.15, 0.2) is 0 Å². The molecule has 0 saturated heterocycles. The van der Waals surface area contributed by atoms with Gasteiger partial charge in [-0.3, -0.25) is 9.59 Å². The van der Waals surface area contributed by atoms with Crippen LogP contribution in [0.3, 0.4) is 0 Å². The van der Waals surface area contributed by atoms with Gasteiger partial charge in [0.2, 0.25) is 5.91 Å². The molecule has 0 spiro atoms. The third-order valence-corrected chi connectivity index (χ3v) is 3.55. The maximum atomic E-state index is 12.0. The van der Waals surface area contributed by atoms with Crippen LogP contribution in [0, 0.1) is 5.41 Å². The summed E-state index contributed by atoms with van der Waals surface area (Å²) in [6, 6.07) is 0. The number of ether oxygens (including phenoxy) is 1. The van der Waals surface area contributed by atoms with Crippen molar-refractivity contribution >= 4 is 11.9 Å². The first-order valence-electron chi connectivity index (χ1n) is 7.94. The number of nitrogens with one attached hydrogen (secondary N) is 1. The quantitative estimate of drug-likeness (QED) is 0.731. The zero-order valence-electron chi connectivity index (χ0n) is 14.5. The van der Waals surface area contributed by atoms with Gasteiger partial charge in [-0.25, -0.2) is 0 Å². The van der Waals surface area contributed by atoms with Gasteiger partial charge in [-0.05, 0) is 51.9 Å². The first-order valence-corrected chi connectivity index (χ1v) is 7.94. The van der Waals surface area contributed by atoms with Crippen LogP contribution in [0.2, 0.25) is 0 Å². The summed E-state index contributed by atoms with van der Waals surface area (Å²) in [7, 11) is 0. The van der Waals surface area contributed by atoms with Gasteiger partial charge in [0.1, 0.15) is 5.60 Å². The highest BCUT2D eigenvalue weighted by atomic mass is 16.6. The van der Waals surface area contributed by atoms with Crippen molar-refractivity contribution in [3.05, 3.63) is 0 Å². The molecular weight excluding hydrogens is 266 g/mol. The van der Waals surface area contributed by atoms with Crippen LogP contribution < -0.4 is 5.32 Å². The van der Waals surface area contributed by atoms with Gasteiger partial charge in [0, 0.05) is 18.4 Å². The molecular formula is C17H31NO3. The van der Waals surface area contributed by atoms with Crippen LogP contribution in [0.15, 0.2) is 0 Å². The second kappa shape index (κ2) is 6.37. The number of carbonyl (C=O) groups is 2. The number of esters is 1. The van der Waals surface area contributed by atoms with Crippen molar-refractivity contribution in [3.63, 3.8) is 0 Å². The molecule has 0 atom stereocenters. The fourth-order valence-corrected chi connectivity index (χ4v) is 2.81.